The Morgan fingerprint density at radius 2 is 2.05 bits per heavy atom. The molecule has 1 amide bonds. The molecule has 0 aliphatic heterocycles. The molecule has 20 heavy (non-hydrogen) atoms. The number of rotatable bonds is 4. The highest BCUT2D eigenvalue weighted by molar-refractivity contribution is 6.03. The van der Waals surface area contributed by atoms with Crippen LogP contribution in [-0.4, -0.2) is 17.4 Å². The molecule has 0 bridgehead atoms. The van der Waals surface area contributed by atoms with Gasteiger partial charge in [-0.15, -0.1) is 0 Å². The Morgan fingerprint density at radius 1 is 1.25 bits per heavy atom. The lowest BCUT2D eigenvalue weighted by molar-refractivity contribution is 0.102. The summed E-state index contributed by atoms with van der Waals surface area (Å²) in [6, 6.07) is 6.10. The maximum absolute atomic E-state index is 13.4. The molecule has 6 heteroatoms. The Hall–Kier alpha value is -2.50. The predicted octanol–water partition coefficient (Wildman–Crippen LogP) is 3.04. The molecule has 0 saturated heterocycles. The van der Waals surface area contributed by atoms with Crippen LogP contribution in [0.4, 0.5) is 20.2 Å². The van der Waals surface area contributed by atoms with E-state index in [0.717, 1.165) is 23.9 Å². The summed E-state index contributed by atoms with van der Waals surface area (Å²) < 4.78 is 26.5. The van der Waals surface area contributed by atoms with Crippen molar-refractivity contribution < 1.29 is 13.6 Å². The normalized spacial score (nSPS) is 10.2. The van der Waals surface area contributed by atoms with Gasteiger partial charge in [-0.2, -0.15) is 0 Å². The number of carbonyl (C=O) groups excluding carboxylic acids is 1. The molecule has 2 N–H and O–H groups in total. The first-order valence-corrected chi connectivity index (χ1v) is 6.06. The first kappa shape index (κ1) is 13.9. The van der Waals surface area contributed by atoms with Crippen molar-refractivity contribution in [2.45, 2.75) is 6.92 Å². The highest BCUT2D eigenvalue weighted by Gasteiger charge is 2.11. The molecule has 1 aromatic carbocycles. The lowest BCUT2D eigenvalue weighted by Gasteiger charge is -2.08. The summed E-state index contributed by atoms with van der Waals surface area (Å²) in [6.45, 7) is 2.62. The van der Waals surface area contributed by atoms with E-state index < -0.39 is 17.5 Å². The molecular formula is C14H13F2N3O. The van der Waals surface area contributed by atoms with Crippen LogP contribution in [0.25, 0.3) is 0 Å². The van der Waals surface area contributed by atoms with Crippen molar-refractivity contribution in [2.75, 3.05) is 17.2 Å². The molecule has 104 valence electrons. The zero-order chi connectivity index (χ0) is 14.5. The average molecular weight is 277 g/mol. The summed E-state index contributed by atoms with van der Waals surface area (Å²) in [4.78, 5) is 15.8. The van der Waals surface area contributed by atoms with Crippen LogP contribution in [0.2, 0.25) is 0 Å². The summed E-state index contributed by atoms with van der Waals surface area (Å²) in [6.07, 6.45) is 1.47. The lowest BCUT2D eigenvalue weighted by atomic mass is 10.2. The van der Waals surface area contributed by atoms with E-state index >= 15 is 0 Å². The van der Waals surface area contributed by atoms with Gasteiger partial charge in [-0.1, -0.05) is 0 Å². The minimum atomic E-state index is -0.706. The van der Waals surface area contributed by atoms with Crippen LogP contribution in [0.5, 0.6) is 0 Å². The van der Waals surface area contributed by atoms with E-state index in [1.807, 2.05) is 6.92 Å². The highest BCUT2D eigenvalue weighted by atomic mass is 19.1. The fourth-order valence-corrected chi connectivity index (χ4v) is 1.65. The Kier molecular flexibility index (Phi) is 4.24. The third-order valence-electron chi connectivity index (χ3n) is 2.55. The van der Waals surface area contributed by atoms with Crippen LogP contribution >= 0.6 is 0 Å². The lowest BCUT2D eigenvalue weighted by Crippen LogP contribution is -2.15. The topological polar surface area (TPSA) is 54.0 Å². The van der Waals surface area contributed by atoms with E-state index in [-0.39, 0.29) is 11.4 Å². The summed E-state index contributed by atoms with van der Waals surface area (Å²) in [5.41, 5.74) is 0.630. The van der Waals surface area contributed by atoms with E-state index in [1.165, 1.54) is 12.3 Å². The van der Waals surface area contributed by atoms with Gasteiger partial charge in [0.25, 0.3) is 5.91 Å². The van der Waals surface area contributed by atoms with Crippen LogP contribution in [0.1, 0.15) is 17.4 Å². The highest BCUT2D eigenvalue weighted by Crippen LogP contribution is 2.16. The summed E-state index contributed by atoms with van der Waals surface area (Å²) in [5, 5.41) is 5.33. The molecule has 0 fully saturated rings. The van der Waals surface area contributed by atoms with Crippen LogP contribution in [0.15, 0.2) is 36.5 Å². The molecule has 0 spiro atoms. The zero-order valence-electron chi connectivity index (χ0n) is 10.8. The van der Waals surface area contributed by atoms with Crippen molar-refractivity contribution >= 4 is 17.3 Å². The number of hydrogen-bond acceptors (Lipinski definition) is 3. The van der Waals surface area contributed by atoms with Crippen molar-refractivity contribution in [3.05, 3.63) is 53.9 Å². The van der Waals surface area contributed by atoms with E-state index in [0.29, 0.717) is 6.54 Å². The van der Waals surface area contributed by atoms with Crippen LogP contribution in [0.3, 0.4) is 0 Å². The van der Waals surface area contributed by atoms with Gasteiger partial charge in [0.1, 0.15) is 17.3 Å². The van der Waals surface area contributed by atoms with Crippen LogP contribution in [-0.2, 0) is 0 Å². The summed E-state index contributed by atoms with van der Waals surface area (Å²) in [5.74, 6) is -1.94. The molecule has 1 aromatic heterocycles. The average Bonchev–Trinajstić information content (AvgIpc) is 2.43. The second-order valence-corrected chi connectivity index (χ2v) is 4.04. The van der Waals surface area contributed by atoms with Gasteiger partial charge in [-0.3, -0.25) is 9.78 Å². The number of carbonyl (C=O) groups is 1. The molecule has 4 nitrogen and oxygen atoms in total. The third-order valence-corrected chi connectivity index (χ3v) is 2.55. The second-order valence-electron chi connectivity index (χ2n) is 4.04. The minimum absolute atomic E-state index is 0.118. The maximum atomic E-state index is 13.4. The van der Waals surface area contributed by atoms with E-state index in [4.69, 9.17) is 0 Å². The SMILES string of the molecule is CCNc1ccnc(C(=O)Nc2cc(F)ccc2F)c1. The third kappa shape index (κ3) is 3.28. The number of hydrogen-bond donors (Lipinski definition) is 2. The number of nitrogens with zero attached hydrogens (tertiary/aromatic N) is 1. The number of pyridine rings is 1. The van der Waals surface area contributed by atoms with Gasteiger partial charge in [0, 0.05) is 24.5 Å². The number of anilines is 2. The van der Waals surface area contributed by atoms with Gasteiger partial charge in [-0.05, 0) is 31.2 Å². The molecule has 0 radical (unpaired) electrons. The quantitative estimate of drug-likeness (QED) is 0.903. The van der Waals surface area contributed by atoms with Gasteiger partial charge >= 0.3 is 0 Å². The molecule has 2 rings (SSSR count). The first-order valence-electron chi connectivity index (χ1n) is 6.06. The van der Waals surface area contributed by atoms with Crippen molar-refractivity contribution in [3.8, 4) is 0 Å². The monoisotopic (exact) mass is 277 g/mol. The van der Waals surface area contributed by atoms with Gasteiger partial charge in [-0.25, -0.2) is 8.78 Å². The van der Waals surface area contributed by atoms with Crippen LogP contribution in [0, 0.1) is 11.6 Å². The Labute approximate surface area is 114 Å². The van der Waals surface area contributed by atoms with Crippen molar-refractivity contribution in [2.24, 2.45) is 0 Å². The maximum Gasteiger partial charge on any atom is 0.274 e. The fraction of sp³-hybridized carbons (Fsp3) is 0.143. The summed E-state index contributed by atoms with van der Waals surface area (Å²) >= 11 is 0. The Balaban J connectivity index is 2.19. The van der Waals surface area contributed by atoms with Gasteiger partial charge in [0.15, 0.2) is 0 Å². The largest absolute Gasteiger partial charge is 0.385 e. The molecule has 0 saturated carbocycles. The zero-order valence-corrected chi connectivity index (χ0v) is 10.8. The first-order chi connectivity index (χ1) is 9.60. The molecule has 0 unspecified atom stereocenters. The molecule has 2 aromatic rings. The molecule has 0 aliphatic carbocycles. The van der Waals surface area contributed by atoms with E-state index in [9.17, 15) is 13.6 Å². The van der Waals surface area contributed by atoms with Crippen molar-refractivity contribution in [3.63, 3.8) is 0 Å². The molecule has 0 aliphatic rings. The Bertz CT molecular complexity index is 632. The smallest absolute Gasteiger partial charge is 0.274 e. The minimum Gasteiger partial charge on any atom is -0.385 e. The van der Waals surface area contributed by atoms with Crippen LogP contribution < -0.4 is 10.6 Å². The molecule has 0 atom stereocenters. The number of benzene rings is 1. The van der Waals surface area contributed by atoms with Gasteiger partial charge in [0.05, 0.1) is 5.69 Å². The predicted molar refractivity (Wildman–Crippen MR) is 72.7 cm³/mol. The number of amides is 1. The number of nitrogens with one attached hydrogen (secondary N) is 2. The fourth-order valence-electron chi connectivity index (χ4n) is 1.65. The summed E-state index contributed by atoms with van der Waals surface area (Å²) in [7, 11) is 0. The van der Waals surface area contributed by atoms with E-state index in [1.54, 1.807) is 6.07 Å². The van der Waals surface area contributed by atoms with Gasteiger partial charge in [0.2, 0.25) is 0 Å². The van der Waals surface area contributed by atoms with Gasteiger partial charge < -0.3 is 10.6 Å². The number of halogens is 2. The molecule has 1 heterocycles. The standard InChI is InChI=1S/C14H13F2N3O/c1-2-17-10-5-6-18-13(8-10)14(20)19-12-7-9(15)3-4-11(12)16/h3-8H,2H2,1H3,(H,17,18)(H,19,20). The Morgan fingerprint density at radius 3 is 2.80 bits per heavy atom. The molecular weight excluding hydrogens is 264 g/mol. The van der Waals surface area contributed by atoms with Crippen molar-refractivity contribution in [1.29, 1.82) is 0 Å². The van der Waals surface area contributed by atoms with E-state index in [2.05, 4.69) is 15.6 Å². The number of aromatic nitrogens is 1. The van der Waals surface area contributed by atoms with Crippen molar-refractivity contribution in [1.82, 2.24) is 4.98 Å². The second kappa shape index (κ2) is 6.10.